The lowest BCUT2D eigenvalue weighted by Crippen LogP contribution is -1.99. The Morgan fingerprint density at radius 3 is 2.69 bits per heavy atom. The van der Waals surface area contributed by atoms with E-state index >= 15 is 0 Å². The molecular weight excluding hydrogens is 183 g/mol. The summed E-state index contributed by atoms with van der Waals surface area (Å²) in [6, 6.07) is 1.21. The topological polar surface area (TPSA) is 22.1 Å². The summed E-state index contributed by atoms with van der Waals surface area (Å²) in [5.41, 5.74) is -0.547. The SMILES string of the molecule is COc1nccc(CF)c1C(F)F. The lowest BCUT2D eigenvalue weighted by molar-refractivity contribution is 0.143. The summed E-state index contributed by atoms with van der Waals surface area (Å²) in [4.78, 5) is 3.56. The van der Waals surface area contributed by atoms with Crippen molar-refractivity contribution in [2.24, 2.45) is 0 Å². The number of hydrogen-bond donors (Lipinski definition) is 0. The predicted octanol–water partition coefficient (Wildman–Crippen LogP) is 2.50. The van der Waals surface area contributed by atoms with E-state index in [9.17, 15) is 13.2 Å². The van der Waals surface area contributed by atoms with Crippen LogP contribution >= 0.6 is 0 Å². The lowest BCUT2D eigenvalue weighted by Gasteiger charge is -2.09. The Morgan fingerprint density at radius 2 is 2.23 bits per heavy atom. The second-order valence-electron chi connectivity index (χ2n) is 2.33. The van der Waals surface area contributed by atoms with Crippen molar-refractivity contribution in [1.29, 1.82) is 0 Å². The van der Waals surface area contributed by atoms with Gasteiger partial charge in [-0.1, -0.05) is 0 Å². The molecule has 0 saturated heterocycles. The molecule has 1 aromatic heterocycles. The van der Waals surface area contributed by atoms with Gasteiger partial charge in [-0.15, -0.1) is 0 Å². The first-order valence-corrected chi connectivity index (χ1v) is 3.56. The molecule has 0 N–H and O–H groups in total. The summed E-state index contributed by atoms with van der Waals surface area (Å²) in [6.45, 7) is -0.946. The van der Waals surface area contributed by atoms with Gasteiger partial charge in [-0.25, -0.2) is 18.2 Å². The van der Waals surface area contributed by atoms with Crippen LogP contribution in [0.5, 0.6) is 5.88 Å². The second kappa shape index (κ2) is 4.11. The van der Waals surface area contributed by atoms with Gasteiger partial charge in [0, 0.05) is 6.20 Å². The Balaban J connectivity index is 3.21. The highest BCUT2D eigenvalue weighted by Crippen LogP contribution is 2.30. The van der Waals surface area contributed by atoms with Crippen LogP contribution in [0.15, 0.2) is 12.3 Å². The van der Waals surface area contributed by atoms with Crippen molar-refractivity contribution in [2.75, 3.05) is 7.11 Å². The van der Waals surface area contributed by atoms with E-state index in [4.69, 9.17) is 0 Å². The maximum Gasteiger partial charge on any atom is 0.269 e. The van der Waals surface area contributed by atoms with E-state index in [2.05, 4.69) is 9.72 Å². The van der Waals surface area contributed by atoms with E-state index < -0.39 is 18.7 Å². The molecule has 5 heteroatoms. The van der Waals surface area contributed by atoms with Crippen molar-refractivity contribution in [3.63, 3.8) is 0 Å². The number of pyridine rings is 1. The fraction of sp³-hybridized carbons (Fsp3) is 0.375. The van der Waals surface area contributed by atoms with Crippen molar-refractivity contribution >= 4 is 0 Å². The highest BCUT2D eigenvalue weighted by atomic mass is 19.3. The van der Waals surface area contributed by atoms with Crippen molar-refractivity contribution in [3.8, 4) is 5.88 Å². The van der Waals surface area contributed by atoms with Gasteiger partial charge >= 0.3 is 0 Å². The van der Waals surface area contributed by atoms with Crippen molar-refractivity contribution in [1.82, 2.24) is 4.98 Å². The molecule has 2 nitrogen and oxygen atoms in total. The van der Waals surface area contributed by atoms with E-state index in [0.29, 0.717) is 0 Å². The fourth-order valence-electron chi connectivity index (χ4n) is 1.00. The van der Waals surface area contributed by atoms with E-state index in [1.807, 2.05) is 0 Å². The Labute approximate surface area is 73.4 Å². The largest absolute Gasteiger partial charge is 0.481 e. The van der Waals surface area contributed by atoms with E-state index in [1.165, 1.54) is 19.4 Å². The van der Waals surface area contributed by atoms with Gasteiger partial charge < -0.3 is 4.74 Å². The van der Waals surface area contributed by atoms with Gasteiger partial charge in [0.1, 0.15) is 6.67 Å². The monoisotopic (exact) mass is 191 g/mol. The third-order valence-corrected chi connectivity index (χ3v) is 1.60. The Morgan fingerprint density at radius 1 is 1.54 bits per heavy atom. The Kier molecular flexibility index (Phi) is 3.11. The summed E-state index contributed by atoms with van der Waals surface area (Å²) in [7, 11) is 1.22. The Bertz CT molecular complexity index is 268. The molecule has 72 valence electrons. The minimum Gasteiger partial charge on any atom is -0.481 e. The first-order chi connectivity index (χ1) is 6.20. The molecule has 0 radical (unpaired) electrons. The normalized spacial score (nSPS) is 10.5. The zero-order chi connectivity index (χ0) is 9.84. The maximum atomic E-state index is 12.4. The number of alkyl halides is 3. The highest BCUT2D eigenvalue weighted by Gasteiger charge is 2.19. The van der Waals surface area contributed by atoms with Crippen LogP contribution in [0.3, 0.4) is 0 Å². The molecule has 0 bridgehead atoms. The van der Waals surface area contributed by atoms with Gasteiger partial charge in [0.25, 0.3) is 6.43 Å². The summed E-state index contributed by atoms with van der Waals surface area (Å²) in [5, 5.41) is 0. The number of methoxy groups -OCH3 is 1. The number of ether oxygens (including phenoxy) is 1. The molecule has 0 aromatic carbocycles. The third-order valence-electron chi connectivity index (χ3n) is 1.60. The molecular formula is C8H8F3NO. The Hall–Kier alpha value is -1.26. The average molecular weight is 191 g/mol. The van der Waals surface area contributed by atoms with Crippen LogP contribution in [0.2, 0.25) is 0 Å². The molecule has 13 heavy (non-hydrogen) atoms. The van der Waals surface area contributed by atoms with E-state index in [0.717, 1.165) is 0 Å². The molecule has 1 aromatic rings. The van der Waals surface area contributed by atoms with Gasteiger partial charge in [-0.3, -0.25) is 0 Å². The van der Waals surface area contributed by atoms with Gasteiger partial charge in [0.05, 0.1) is 12.7 Å². The van der Waals surface area contributed by atoms with Crippen LogP contribution < -0.4 is 4.74 Å². The zero-order valence-corrected chi connectivity index (χ0v) is 6.93. The molecule has 0 fully saturated rings. The standard InChI is InChI=1S/C8H8F3NO/c1-13-8-6(7(10)11)5(4-9)2-3-12-8/h2-3,7H,4H2,1H3. The van der Waals surface area contributed by atoms with Gasteiger partial charge in [-0.05, 0) is 11.6 Å². The minimum absolute atomic E-state index is 0.0816. The molecule has 1 heterocycles. The maximum absolute atomic E-state index is 12.4. The third kappa shape index (κ3) is 1.91. The van der Waals surface area contributed by atoms with Crippen LogP contribution in [-0.4, -0.2) is 12.1 Å². The summed E-state index contributed by atoms with van der Waals surface area (Å²) < 4.78 is 41.6. The molecule has 0 aliphatic carbocycles. The molecule has 0 saturated carbocycles. The van der Waals surface area contributed by atoms with Crippen LogP contribution in [0.4, 0.5) is 13.2 Å². The summed E-state index contributed by atoms with van der Waals surface area (Å²) >= 11 is 0. The summed E-state index contributed by atoms with van der Waals surface area (Å²) in [6.07, 6.45) is -1.53. The molecule has 0 spiro atoms. The first kappa shape index (κ1) is 9.83. The molecule has 0 atom stereocenters. The lowest BCUT2D eigenvalue weighted by atomic mass is 10.1. The van der Waals surface area contributed by atoms with Crippen LogP contribution in [0, 0.1) is 0 Å². The van der Waals surface area contributed by atoms with E-state index in [1.54, 1.807) is 0 Å². The average Bonchev–Trinajstić information content (AvgIpc) is 2.16. The molecule has 0 unspecified atom stereocenters. The second-order valence-corrected chi connectivity index (χ2v) is 2.33. The number of hydrogen-bond acceptors (Lipinski definition) is 2. The number of rotatable bonds is 3. The number of nitrogens with zero attached hydrogens (tertiary/aromatic N) is 1. The molecule has 1 rings (SSSR count). The first-order valence-electron chi connectivity index (χ1n) is 3.56. The van der Waals surface area contributed by atoms with Crippen molar-refractivity contribution in [2.45, 2.75) is 13.1 Å². The van der Waals surface area contributed by atoms with Crippen LogP contribution in [0.25, 0.3) is 0 Å². The number of aromatic nitrogens is 1. The smallest absolute Gasteiger partial charge is 0.269 e. The van der Waals surface area contributed by atoms with E-state index in [-0.39, 0.29) is 11.4 Å². The number of halogens is 3. The van der Waals surface area contributed by atoms with Crippen LogP contribution in [-0.2, 0) is 6.67 Å². The fourth-order valence-corrected chi connectivity index (χ4v) is 1.00. The molecule has 0 aliphatic heterocycles. The van der Waals surface area contributed by atoms with Crippen molar-refractivity contribution < 1.29 is 17.9 Å². The quantitative estimate of drug-likeness (QED) is 0.732. The van der Waals surface area contributed by atoms with Gasteiger partial charge in [-0.2, -0.15) is 0 Å². The summed E-state index contributed by atoms with van der Waals surface area (Å²) in [5.74, 6) is -0.217. The molecule has 0 amide bonds. The zero-order valence-electron chi connectivity index (χ0n) is 6.93. The van der Waals surface area contributed by atoms with Gasteiger partial charge in [0.15, 0.2) is 0 Å². The van der Waals surface area contributed by atoms with Crippen LogP contribution in [0.1, 0.15) is 17.6 Å². The predicted molar refractivity (Wildman–Crippen MR) is 40.6 cm³/mol. The van der Waals surface area contributed by atoms with Crippen molar-refractivity contribution in [3.05, 3.63) is 23.4 Å². The van der Waals surface area contributed by atoms with Gasteiger partial charge in [0.2, 0.25) is 5.88 Å². The molecule has 0 aliphatic rings. The minimum atomic E-state index is -2.77. The highest BCUT2D eigenvalue weighted by molar-refractivity contribution is 5.34.